The number of imidazole rings is 1. The van der Waals surface area contributed by atoms with Crippen LogP contribution in [0.1, 0.15) is 35.7 Å². The molecule has 1 aromatic carbocycles. The largest absolute Gasteiger partial charge is 0.497 e. The minimum absolute atomic E-state index is 0.0718. The van der Waals surface area contributed by atoms with E-state index < -0.39 is 10.0 Å². The lowest BCUT2D eigenvalue weighted by Crippen LogP contribution is -2.39. The van der Waals surface area contributed by atoms with Gasteiger partial charge in [-0.05, 0) is 42.7 Å². The summed E-state index contributed by atoms with van der Waals surface area (Å²) in [6.45, 7) is 0.938. The van der Waals surface area contributed by atoms with Crippen LogP contribution in [0.4, 0.5) is 0 Å². The summed E-state index contributed by atoms with van der Waals surface area (Å²) in [4.78, 5) is 8.90. The molecule has 1 atom stereocenters. The molecule has 0 unspecified atom stereocenters. The van der Waals surface area contributed by atoms with Crippen LogP contribution in [0.2, 0.25) is 0 Å². The van der Waals surface area contributed by atoms with E-state index in [9.17, 15) is 8.42 Å². The van der Waals surface area contributed by atoms with E-state index in [1.807, 2.05) is 36.4 Å². The summed E-state index contributed by atoms with van der Waals surface area (Å²) in [5, 5.41) is 0.102. The summed E-state index contributed by atoms with van der Waals surface area (Å²) >= 11 is 0. The number of hydrogen-bond donors (Lipinski definition) is 0. The van der Waals surface area contributed by atoms with E-state index in [1.54, 1.807) is 29.2 Å². The lowest BCUT2D eigenvalue weighted by molar-refractivity contribution is 0.311. The summed E-state index contributed by atoms with van der Waals surface area (Å²) in [5.74, 6) is 0.897. The average molecular weight is 427 g/mol. The third-order valence-electron chi connectivity index (χ3n) is 5.44. The summed E-state index contributed by atoms with van der Waals surface area (Å²) in [7, 11) is -0.164. The van der Waals surface area contributed by atoms with Crippen molar-refractivity contribution in [2.45, 2.75) is 30.2 Å². The standard InChI is InChI=1S/C22H26N4O3S/c1-25-15-22(23-16-25)30(27,28)26-11-5-7-18(14-26)21-10-4-8-19(24-21)12-17-6-3-9-20(13-17)29-2/h3-4,6,8-10,13,15-16,18H,5,7,11-12,14H2,1-2H3/t18-/m0/s1. The molecular weight excluding hydrogens is 400 g/mol. The van der Waals surface area contributed by atoms with E-state index in [1.165, 1.54) is 6.33 Å². The number of sulfonamides is 1. The third kappa shape index (κ3) is 4.39. The molecule has 0 N–H and O–H groups in total. The Bertz CT molecular complexity index is 1130. The Hall–Kier alpha value is -2.71. The van der Waals surface area contributed by atoms with Crippen molar-refractivity contribution in [3.8, 4) is 5.75 Å². The number of aromatic nitrogens is 3. The third-order valence-corrected chi connectivity index (χ3v) is 7.19. The van der Waals surface area contributed by atoms with Crippen molar-refractivity contribution < 1.29 is 13.2 Å². The van der Waals surface area contributed by atoms with E-state index in [2.05, 4.69) is 11.1 Å². The number of hydrogen-bond acceptors (Lipinski definition) is 5. The van der Waals surface area contributed by atoms with E-state index in [4.69, 9.17) is 9.72 Å². The summed E-state index contributed by atoms with van der Waals surface area (Å²) in [5.41, 5.74) is 3.03. The Balaban J connectivity index is 1.52. The number of methoxy groups -OCH3 is 1. The maximum atomic E-state index is 13.0. The minimum Gasteiger partial charge on any atom is -0.497 e. The van der Waals surface area contributed by atoms with Gasteiger partial charge in [0.2, 0.25) is 0 Å². The van der Waals surface area contributed by atoms with Crippen LogP contribution in [0.25, 0.3) is 0 Å². The van der Waals surface area contributed by atoms with E-state index >= 15 is 0 Å². The Morgan fingerprint density at radius 3 is 2.80 bits per heavy atom. The fourth-order valence-corrected chi connectivity index (χ4v) is 5.36. The van der Waals surface area contributed by atoms with Crippen LogP contribution in [-0.4, -0.2) is 47.5 Å². The molecule has 8 heteroatoms. The maximum Gasteiger partial charge on any atom is 0.262 e. The smallest absolute Gasteiger partial charge is 0.262 e. The molecule has 0 saturated carbocycles. The predicted octanol–water partition coefficient (Wildman–Crippen LogP) is 2.98. The normalized spacial score (nSPS) is 17.7. The van der Waals surface area contributed by atoms with Crippen LogP contribution >= 0.6 is 0 Å². The number of pyridine rings is 1. The van der Waals surface area contributed by atoms with Crippen LogP contribution in [0.5, 0.6) is 5.75 Å². The molecule has 30 heavy (non-hydrogen) atoms. The molecule has 1 saturated heterocycles. The van der Waals surface area contributed by atoms with Gasteiger partial charge in [0.1, 0.15) is 5.75 Å². The van der Waals surface area contributed by atoms with Crippen molar-refractivity contribution in [1.29, 1.82) is 0 Å². The summed E-state index contributed by atoms with van der Waals surface area (Å²) < 4.78 is 34.4. The highest BCUT2D eigenvalue weighted by atomic mass is 32.2. The molecular formula is C22H26N4O3S. The van der Waals surface area contributed by atoms with Gasteiger partial charge in [-0.1, -0.05) is 18.2 Å². The molecule has 1 aliphatic rings. The van der Waals surface area contributed by atoms with Crippen molar-refractivity contribution in [2.75, 3.05) is 20.2 Å². The van der Waals surface area contributed by atoms with Gasteiger partial charge >= 0.3 is 0 Å². The van der Waals surface area contributed by atoms with Crippen LogP contribution in [0.3, 0.4) is 0 Å². The number of nitrogens with zero attached hydrogens (tertiary/aromatic N) is 4. The highest BCUT2D eigenvalue weighted by molar-refractivity contribution is 7.89. The number of rotatable bonds is 6. The van der Waals surface area contributed by atoms with Gasteiger partial charge < -0.3 is 9.30 Å². The zero-order chi connectivity index (χ0) is 21.1. The topological polar surface area (TPSA) is 77.3 Å². The highest BCUT2D eigenvalue weighted by Crippen LogP contribution is 2.29. The molecule has 7 nitrogen and oxygen atoms in total. The number of piperidine rings is 1. The Kier molecular flexibility index (Phi) is 5.87. The Labute approximate surface area is 177 Å². The molecule has 0 spiro atoms. The molecule has 0 aliphatic carbocycles. The van der Waals surface area contributed by atoms with Gasteiger partial charge in [0.15, 0.2) is 5.03 Å². The van der Waals surface area contributed by atoms with Gasteiger partial charge in [0.05, 0.1) is 13.4 Å². The van der Waals surface area contributed by atoms with Crippen molar-refractivity contribution in [1.82, 2.24) is 18.8 Å². The van der Waals surface area contributed by atoms with Crippen molar-refractivity contribution >= 4 is 10.0 Å². The summed E-state index contributed by atoms with van der Waals surface area (Å²) in [6.07, 6.45) is 5.49. The van der Waals surface area contributed by atoms with E-state index in [0.717, 1.165) is 35.5 Å². The monoisotopic (exact) mass is 426 g/mol. The van der Waals surface area contributed by atoms with Crippen LogP contribution in [0.15, 0.2) is 60.0 Å². The second-order valence-corrected chi connectivity index (χ2v) is 9.55. The van der Waals surface area contributed by atoms with Crippen LogP contribution < -0.4 is 4.74 Å². The number of benzene rings is 1. The Morgan fingerprint density at radius 2 is 2.03 bits per heavy atom. The highest BCUT2D eigenvalue weighted by Gasteiger charge is 2.32. The molecule has 1 aliphatic heterocycles. The fourth-order valence-electron chi connectivity index (χ4n) is 3.87. The summed E-state index contributed by atoms with van der Waals surface area (Å²) in [6, 6.07) is 14.0. The average Bonchev–Trinajstić information content (AvgIpc) is 3.21. The first-order chi connectivity index (χ1) is 14.5. The van der Waals surface area contributed by atoms with Gasteiger partial charge in [-0.15, -0.1) is 0 Å². The predicted molar refractivity (Wildman–Crippen MR) is 114 cm³/mol. The SMILES string of the molecule is COc1cccc(Cc2cccc([C@H]3CCCN(S(=O)(=O)c4cn(C)cn4)C3)n2)c1. The second-order valence-electron chi connectivity index (χ2n) is 7.66. The Morgan fingerprint density at radius 1 is 1.20 bits per heavy atom. The van der Waals surface area contributed by atoms with Crippen molar-refractivity contribution in [3.63, 3.8) is 0 Å². The van der Waals surface area contributed by atoms with Crippen LogP contribution in [-0.2, 0) is 23.5 Å². The number of aryl methyl sites for hydroxylation is 1. The molecule has 0 amide bonds. The first kappa shape index (κ1) is 20.6. The molecule has 3 heterocycles. The molecule has 2 aromatic heterocycles. The van der Waals surface area contributed by atoms with E-state index in [-0.39, 0.29) is 10.9 Å². The molecule has 3 aromatic rings. The van der Waals surface area contributed by atoms with Crippen LogP contribution in [0, 0.1) is 0 Å². The number of ether oxygens (including phenoxy) is 1. The molecule has 0 bridgehead atoms. The van der Waals surface area contributed by atoms with E-state index in [0.29, 0.717) is 19.5 Å². The first-order valence-corrected chi connectivity index (χ1v) is 11.5. The van der Waals surface area contributed by atoms with Gasteiger partial charge in [0.25, 0.3) is 10.0 Å². The lowest BCUT2D eigenvalue weighted by atomic mass is 9.95. The minimum atomic E-state index is -3.59. The second kappa shape index (κ2) is 8.57. The lowest BCUT2D eigenvalue weighted by Gasteiger charge is -2.31. The van der Waals surface area contributed by atoms with Gasteiger partial charge in [-0.3, -0.25) is 4.98 Å². The maximum absolute atomic E-state index is 13.0. The zero-order valence-corrected chi connectivity index (χ0v) is 18.0. The first-order valence-electron chi connectivity index (χ1n) is 10.0. The quantitative estimate of drug-likeness (QED) is 0.606. The molecule has 1 fully saturated rings. The molecule has 4 rings (SSSR count). The van der Waals surface area contributed by atoms with Gasteiger partial charge in [-0.2, -0.15) is 4.31 Å². The van der Waals surface area contributed by atoms with Gasteiger partial charge in [0, 0.05) is 50.1 Å². The fraction of sp³-hybridized carbons (Fsp3) is 0.364. The molecule has 0 radical (unpaired) electrons. The molecule has 158 valence electrons. The zero-order valence-electron chi connectivity index (χ0n) is 17.2. The van der Waals surface area contributed by atoms with Crippen molar-refractivity contribution in [3.05, 3.63) is 71.9 Å². The van der Waals surface area contributed by atoms with Gasteiger partial charge in [-0.25, -0.2) is 13.4 Å². The van der Waals surface area contributed by atoms with Crippen molar-refractivity contribution in [2.24, 2.45) is 7.05 Å².